The van der Waals surface area contributed by atoms with E-state index in [1.165, 1.54) is 12.8 Å². The Bertz CT molecular complexity index is 335. The molecule has 17 heavy (non-hydrogen) atoms. The van der Waals surface area contributed by atoms with Gasteiger partial charge in [-0.2, -0.15) is 0 Å². The van der Waals surface area contributed by atoms with E-state index in [2.05, 4.69) is 19.2 Å². The van der Waals surface area contributed by atoms with Crippen LogP contribution in [0, 0.1) is 5.92 Å². The Hall–Kier alpha value is -1.22. The first-order valence-corrected chi connectivity index (χ1v) is 6.34. The van der Waals surface area contributed by atoms with E-state index in [-0.39, 0.29) is 0 Å². The van der Waals surface area contributed by atoms with Gasteiger partial charge in [-0.3, -0.25) is 0 Å². The molecule has 0 aliphatic rings. The number of hydrogen-bond donors (Lipinski definition) is 2. The zero-order valence-corrected chi connectivity index (χ0v) is 11.1. The van der Waals surface area contributed by atoms with Gasteiger partial charge >= 0.3 is 0 Å². The summed E-state index contributed by atoms with van der Waals surface area (Å²) < 4.78 is 5.32. The minimum atomic E-state index is 0.741. The van der Waals surface area contributed by atoms with Crippen molar-refractivity contribution < 1.29 is 4.74 Å². The molecule has 1 aromatic rings. The molecule has 0 saturated carbocycles. The van der Waals surface area contributed by atoms with E-state index >= 15 is 0 Å². The number of ether oxygens (including phenoxy) is 1. The summed E-state index contributed by atoms with van der Waals surface area (Å²) >= 11 is 0. The molecule has 3 nitrogen and oxygen atoms in total. The summed E-state index contributed by atoms with van der Waals surface area (Å²) in [7, 11) is 1.68. The van der Waals surface area contributed by atoms with Gasteiger partial charge in [-0.05, 0) is 18.5 Å². The molecular weight excluding hydrogens is 212 g/mol. The summed E-state index contributed by atoms with van der Waals surface area (Å²) in [5.74, 6) is 1.62. The van der Waals surface area contributed by atoms with Crippen LogP contribution in [0.1, 0.15) is 32.3 Å². The number of hydrogen-bond acceptors (Lipinski definition) is 3. The molecule has 0 aromatic heterocycles. The van der Waals surface area contributed by atoms with Crippen molar-refractivity contribution in [3.05, 3.63) is 23.8 Å². The highest BCUT2D eigenvalue weighted by atomic mass is 16.5. The molecule has 0 heterocycles. The summed E-state index contributed by atoms with van der Waals surface area (Å²) in [6.07, 6.45) is 2.45. The van der Waals surface area contributed by atoms with Gasteiger partial charge in [0.05, 0.1) is 7.11 Å². The molecule has 96 valence electrons. The first kappa shape index (κ1) is 13.8. The first-order valence-electron chi connectivity index (χ1n) is 6.34. The lowest BCUT2D eigenvalue weighted by atomic mass is 10.0. The summed E-state index contributed by atoms with van der Waals surface area (Å²) in [4.78, 5) is 0. The van der Waals surface area contributed by atoms with Crippen LogP contribution in [0.25, 0.3) is 0 Å². The van der Waals surface area contributed by atoms with E-state index in [0.29, 0.717) is 0 Å². The third-order valence-corrected chi connectivity index (χ3v) is 3.21. The van der Waals surface area contributed by atoms with Crippen LogP contribution in [0.2, 0.25) is 0 Å². The third-order valence-electron chi connectivity index (χ3n) is 3.21. The standard InChI is InChI=1S/C14H24N2O/c1-4-11(5-2)9-16-10-12-6-7-13(15)8-14(12)17-3/h6-8,11,16H,4-5,9-10,15H2,1-3H3. The van der Waals surface area contributed by atoms with E-state index in [9.17, 15) is 0 Å². The van der Waals surface area contributed by atoms with Gasteiger partial charge in [-0.25, -0.2) is 0 Å². The van der Waals surface area contributed by atoms with Gasteiger partial charge in [0, 0.05) is 23.9 Å². The Morgan fingerprint density at radius 1 is 1.29 bits per heavy atom. The molecule has 0 spiro atoms. The van der Waals surface area contributed by atoms with Gasteiger partial charge in [0.1, 0.15) is 5.75 Å². The minimum absolute atomic E-state index is 0.741. The Morgan fingerprint density at radius 3 is 2.59 bits per heavy atom. The Kier molecular flexibility index (Phi) is 5.84. The molecule has 1 rings (SSSR count). The van der Waals surface area contributed by atoms with Crippen molar-refractivity contribution in [3.63, 3.8) is 0 Å². The molecule has 0 atom stereocenters. The van der Waals surface area contributed by atoms with Gasteiger partial charge < -0.3 is 15.8 Å². The van der Waals surface area contributed by atoms with Crippen LogP contribution < -0.4 is 15.8 Å². The SMILES string of the molecule is CCC(CC)CNCc1ccc(N)cc1OC. The van der Waals surface area contributed by atoms with E-state index < -0.39 is 0 Å². The van der Waals surface area contributed by atoms with Crippen molar-refractivity contribution in [1.29, 1.82) is 0 Å². The second-order valence-corrected chi connectivity index (χ2v) is 4.38. The fourth-order valence-electron chi connectivity index (χ4n) is 1.90. The number of rotatable bonds is 7. The monoisotopic (exact) mass is 236 g/mol. The summed E-state index contributed by atoms with van der Waals surface area (Å²) in [5.41, 5.74) is 7.62. The van der Waals surface area contributed by atoms with Crippen LogP contribution in [0.15, 0.2) is 18.2 Å². The van der Waals surface area contributed by atoms with E-state index in [1.807, 2.05) is 18.2 Å². The number of nitrogens with one attached hydrogen (secondary N) is 1. The van der Waals surface area contributed by atoms with Crippen molar-refractivity contribution in [2.75, 3.05) is 19.4 Å². The fourth-order valence-corrected chi connectivity index (χ4v) is 1.90. The van der Waals surface area contributed by atoms with Gasteiger partial charge in [0.2, 0.25) is 0 Å². The molecule has 0 aliphatic heterocycles. The zero-order chi connectivity index (χ0) is 12.7. The molecule has 0 aliphatic carbocycles. The summed E-state index contributed by atoms with van der Waals surface area (Å²) in [5, 5.41) is 3.48. The molecule has 0 bridgehead atoms. The lowest BCUT2D eigenvalue weighted by molar-refractivity contribution is 0.403. The average molecular weight is 236 g/mol. The van der Waals surface area contributed by atoms with E-state index in [1.54, 1.807) is 7.11 Å². The van der Waals surface area contributed by atoms with Crippen molar-refractivity contribution in [3.8, 4) is 5.75 Å². The Labute approximate surface area is 104 Å². The van der Waals surface area contributed by atoms with Crippen LogP contribution >= 0.6 is 0 Å². The Balaban J connectivity index is 2.51. The van der Waals surface area contributed by atoms with Crippen LogP contribution in [-0.4, -0.2) is 13.7 Å². The Morgan fingerprint density at radius 2 is 2.00 bits per heavy atom. The second kappa shape index (κ2) is 7.17. The number of nitrogen functional groups attached to an aromatic ring is 1. The lowest BCUT2D eigenvalue weighted by Crippen LogP contribution is -2.22. The van der Waals surface area contributed by atoms with Crippen molar-refractivity contribution in [2.45, 2.75) is 33.2 Å². The normalized spacial score (nSPS) is 10.8. The maximum Gasteiger partial charge on any atom is 0.125 e. The van der Waals surface area contributed by atoms with E-state index in [4.69, 9.17) is 10.5 Å². The molecule has 1 aromatic carbocycles. The number of anilines is 1. The molecule has 3 N–H and O–H groups in total. The second-order valence-electron chi connectivity index (χ2n) is 4.38. The predicted octanol–water partition coefficient (Wildman–Crippen LogP) is 2.80. The fraction of sp³-hybridized carbons (Fsp3) is 0.571. The van der Waals surface area contributed by atoms with Crippen LogP contribution in [-0.2, 0) is 6.54 Å². The minimum Gasteiger partial charge on any atom is -0.496 e. The summed E-state index contributed by atoms with van der Waals surface area (Å²) in [6.45, 7) is 6.36. The van der Waals surface area contributed by atoms with Crippen LogP contribution in [0.3, 0.4) is 0 Å². The average Bonchev–Trinajstić information content (AvgIpc) is 2.36. The van der Waals surface area contributed by atoms with Gasteiger partial charge in [0.15, 0.2) is 0 Å². The number of benzene rings is 1. The highest BCUT2D eigenvalue weighted by Crippen LogP contribution is 2.21. The third kappa shape index (κ3) is 4.27. The van der Waals surface area contributed by atoms with Crippen molar-refractivity contribution in [1.82, 2.24) is 5.32 Å². The zero-order valence-electron chi connectivity index (χ0n) is 11.1. The maximum atomic E-state index is 5.72. The number of methoxy groups -OCH3 is 1. The predicted molar refractivity (Wildman–Crippen MR) is 73.2 cm³/mol. The van der Waals surface area contributed by atoms with Crippen LogP contribution in [0.4, 0.5) is 5.69 Å². The van der Waals surface area contributed by atoms with Crippen molar-refractivity contribution >= 4 is 5.69 Å². The molecule has 0 unspecified atom stereocenters. The quantitative estimate of drug-likeness (QED) is 0.716. The first-order chi connectivity index (χ1) is 8.21. The van der Waals surface area contributed by atoms with Gasteiger partial charge in [0.25, 0.3) is 0 Å². The van der Waals surface area contributed by atoms with Crippen LogP contribution in [0.5, 0.6) is 5.75 Å². The molecular formula is C14H24N2O. The van der Waals surface area contributed by atoms with Gasteiger partial charge in [-0.15, -0.1) is 0 Å². The van der Waals surface area contributed by atoms with Crippen molar-refractivity contribution in [2.24, 2.45) is 5.92 Å². The molecule has 0 fully saturated rings. The topological polar surface area (TPSA) is 47.3 Å². The van der Waals surface area contributed by atoms with E-state index in [0.717, 1.165) is 36.0 Å². The number of nitrogens with two attached hydrogens (primary N) is 1. The maximum absolute atomic E-state index is 5.72. The molecule has 0 amide bonds. The molecule has 0 saturated heterocycles. The summed E-state index contributed by atoms with van der Waals surface area (Å²) in [6, 6.07) is 5.80. The highest BCUT2D eigenvalue weighted by molar-refractivity contribution is 5.48. The molecule has 3 heteroatoms. The smallest absolute Gasteiger partial charge is 0.125 e. The van der Waals surface area contributed by atoms with Gasteiger partial charge in [-0.1, -0.05) is 32.8 Å². The largest absolute Gasteiger partial charge is 0.496 e. The highest BCUT2D eigenvalue weighted by Gasteiger charge is 2.05. The lowest BCUT2D eigenvalue weighted by Gasteiger charge is -2.14. The molecule has 0 radical (unpaired) electrons.